The average molecular weight is 384 g/mol. The van der Waals surface area contributed by atoms with Crippen LogP contribution < -0.4 is 5.32 Å². The number of para-hydroxylation sites is 1. The van der Waals surface area contributed by atoms with Crippen LogP contribution in [0.3, 0.4) is 0 Å². The standard InChI is InChI=1S/C25H24N2O2/c1-18-8-7-9-19(14-18)16-26-25(20-10-3-2-4-11-20)27-17-21(15-24(28)29)22-12-5-6-13-23(22)27/h2-14,17,25-26H,15-16H2,1H3,(H,28,29). The molecular weight excluding hydrogens is 360 g/mol. The van der Waals surface area contributed by atoms with Crippen LogP contribution in [0.4, 0.5) is 0 Å². The molecule has 0 aliphatic heterocycles. The molecule has 1 heterocycles. The van der Waals surface area contributed by atoms with E-state index in [1.807, 2.05) is 48.7 Å². The topological polar surface area (TPSA) is 54.3 Å². The van der Waals surface area contributed by atoms with Gasteiger partial charge in [0, 0.05) is 23.6 Å². The van der Waals surface area contributed by atoms with Crippen molar-refractivity contribution in [3.8, 4) is 0 Å². The fraction of sp³-hybridized carbons (Fsp3) is 0.160. The lowest BCUT2D eigenvalue weighted by Crippen LogP contribution is -2.27. The first kappa shape index (κ1) is 19.0. The molecule has 1 atom stereocenters. The van der Waals surface area contributed by atoms with Gasteiger partial charge in [0.25, 0.3) is 0 Å². The van der Waals surface area contributed by atoms with Crippen molar-refractivity contribution in [2.45, 2.75) is 26.1 Å². The zero-order valence-corrected chi connectivity index (χ0v) is 16.4. The highest BCUT2D eigenvalue weighted by molar-refractivity contribution is 5.87. The predicted molar refractivity (Wildman–Crippen MR) is 116 cm³/mol. The van der Waals surface area contributed by atoms with E-state index >= 15 is 0 Å². The van der Waals surface area contributed by atoms with Crippen LogP contribution in [0.5, 0.6) is 0 Å². The van der Waals surface area contributed by atoms with Gasteiger partial charge >= 0.3 is 5.97 Å². The van der Waals surface area contributed by atoms with Crippen LogP contribution in [-0.2, 0) is 17.8 Å². The highest BCUT2D eigenvalue weighted by Gasteiger charge is 2.18. The minimum atomic E-state index is -0.822. The van der Waals surface area contributed by atoms with Gasteiger partial charge in [-0.05, 0) is 29.7 Å². The highest BCUT2D eigenvalue weighted by Crippen LogP contribution is 2.28. The van der Waals surface area contributed by atoms with Crippen molar-refractivity contribution in [2.24, 2.45) is 0 Å². The van der Waals surface area contributed by atoms with Gasteiger partial charge in [0.05, 0.1) is 6.42 Å². The van der Waals surface area contributed by atoms with Crippen molar-refractivity contribution in [1.29, 1.82) is 0 Å². The summed E-state index contributed by atoms with van der Waals surface area (Å²) in [6.45, 7) is 2.80. The second-order valence-electron chi connectivity index (χ2n) is 7.33. The molecule has 0 radical (unpaired) electrons. The molecule has 4 rings (SSSR count). The molecule has 2 N–H and O–H groups in total. The molecule has 3 aromatic carbocycles. The third kappa shape index (κ3) is 4.23. The van der Waals surface area contributed by atoms with Crippen molar-refractivity contribution in [3.05, 3.63) is 107 Å². The van der Waals surface area contributed by atoms with Gasteiger partial charge in [0.2, 0.25) is 0 Å². The van der Waals surface area contributed by atoms with Crippen LogP contribution in [-0.4, -0.2) is 15.6 Å². The van der Waals surface area contributed by atoms with E-state index in [-0.39, 0.29) is 12.6 Å². The zero-order valence-electron chi connectivity index (χ0n) is 16.4. The van der Waals surface area contributed by atoms with Gasteiger partial charge in [-0.2, -0.15) is 0 Å². The van der Waals surface area contributed by atoms with E-state index in [0.29, 0.717) is 6.54 Å². The molecule has 0 spiro atoms. The second kappa shape index (κ2) is 8.33. The Bertz CT molecular complexity index is 1130. The van der Waals surface area contributed by atoms with Crippen molar-refractivity contribution >= 4 is 16.9 Å². The Morgan fingerprint density at radius 3 is 2.52 bits per heavy atom. The summed E-state index contributed by atoms with van der Waals surface area (Å²) in [4.78, 5) is 11.4. The summed E-state index contributed by atoms with van der Waals surface area (Å²) >= 11 is 0. The number of rotatable bonds is 7. The minimum Gasteiger partial charge on any atom is -0.481 e. The molecule has 4 nitrogen and oxygen atoms in total. The third-order valence-electron chi connectivity index (χ3n) is 5.14. The largest absolute Gasteiger partial charge is 0.481 e. The molecule has 0 bridgehead atoms. The number of carboxylic acid groups (broad SMARTS) is 1. The van der Waals surface area contributed by atoms with E-state index in [0.717, 1.165) is 22.0 Å². The van der Waals surface area contributed by atoms with Crippen molar-refractivity contribution in [1.82, 2.24) is 9.88 Å². The monoisotopic (exact) mass is 384 g/mol. The van der Waals surface area contributed by atoms with Crippen LogP contribution in [0.2, 0.25) is 0 Å². The first-order valence-corrected chi connectivity index (χ1v) is 9.76. The molecule has 0 saturated heterocycles. The molecule has 1 unspecified atom stereocenters. The maximum absolute atomic E-state index is 11.4. The van der Waals surface area contributed by atoms with Gasteiger partial charge in [-0.1, -0.05) is 78.4 Å². The summed E-state index contributed by atoms with van der Waals surface area (Å²) in [6.07, 6.45) is 1.87. The second-order valence-corrected chi connectivity index (χ2v) is 7.33. The summed E-state index contributed by atoms with van der Waals surface area (Å²) in [5.74, 6) is -0.822. The molecular formula is C25H24N2O2. The van der Waals surface area contributed by atoms with Gasteiger partial charge in [0.15, 0.2) is 0 Å². The van der Waals surface area contributed by atoms with Crippen LogP contribution >= 0.6 is 0 Å². The third-order valence-corrected chi connectivity index (χ3v) is 5.14. The van der Waals surface area contributed by atoms with E-state index in [9.17, 15) is 9.90 Å². The lowest BCUT2D eigenvalue weighted by Gasteiger charge is -2.22. The smallest absolute Gasteiger partial charge is 0.307 e. The quantitative estimate of drug-likeness (QED) is 0.476. The number of hydrogen-bond acceptors (Lipinski definition) is 2. The average Bonchev–Trinajstić information content (AvgIpc) is 3.07. The van der Waals surface area contributed by atoms with Gasteiger partial charge in [-0.3, -0.25) is 10.1 Å². The first-order valence-electron chi connectivity index (χ1n) is 9.76. The summed E-state index contributed by atoms with van der Waals surface area (Å²) < 4.78 is 2.15. The van der Waals surface area contributed by atoms with Crippen molar-refractivity contribution < 1.29 is 9.90 Å². The number of aliphatic carboxylic acids is 1. The van der Waals surface area contributed by atoms with Gasteiger partial charge in [0.1, 0.15) is 6.17 Å². The SMILES string of the molecule is Cc1cccc(CNC(c2ccccc2)n2cc(CC(=O)O)c3ccccc32)c1. The molecule has 0 fully saturated rings. The predicted octanol–water partition coefficient (Wildman–Crippen LogP) is 4.91. The summed E-state index contributed by atoms with van der Waals surface area (Å²) in [5.41, 5.74) is 5.42. The highest BCUT2D eigenvalue weighted by atomic mass is 16.4. The fourth-order valence-corrected chi connectivity index (χ4v) is 3.84. The molecule has 1 aromatic heterocycles. The normalized spacial score (nSPS) is 12.2. The summed E-state index contributed by atoms with van der Waals surface area (Å²) in [7, 11) is 0. The van der Waals surface area contributed by atoms with Crippen molar-refractivity contribution in [3.63, 3.8) is 0 Å². The molecule has 0 amide bonds. The van der Waals surface area contributed by atoms with Crippen LogP contribution in [0.25, 0.3) is 10.9 Å². The van der Waals surface area contributed by atoms with Gasteiger partial charge in [-0.25, -0.2) is 0 Å². The Hall–Kier alpha value is -3.37. The molecule has 146 valence electrons. The molecule has 29 heavy (non-hydrogen) atoms. The van der Waals surface area contributed by atoms with Crippen LogP contribution in [0.15, 0.2) is 85.1 Å². The van der Waals surface area contributed by atoms with Gasteiger partial charge in [-0.15, -0.1) is 0 Å². The number of carboxylic acids is 1. The molecule has 0 aliphatic rings. The number of nitrogens with zero attached hydrogens (tertiary/aromatic N) is 1. The van der Waals surface area contributed by atoms with E-state index in [1.54, 1.807) is 0 Å². The lowest BCUT2D eigenvalue weighted by atomic mass is 10.1. The summed E-state index contributed by atoms with van der Waals surface area (Å²) in [5, 5.41) is 14.0. The molecule has 0 saturated carbocycles. The fourth-order valence-electron chi connectivity index (χ4n) is 3.84. The van der Waals surface area contributed by atoms with Crippen molar-refractivity contribution in [2.75, 3.05) is 0 Å². The van der Waals surface area contributed by atoms with Crippen LogP contribution in [0, 0.1) is 6.92 Å². The van der Waals surface area contributed by atoms with E-state index in [1.165, 1.54) is 11.1 Å². The number of aryl methyl sites for hydroxylation is 1. The minimum absolute atomic E-state index is 0.00685. The van der Waals surface area contributed by atoms with Gasteiger partial charge < -0.3 is 9.67 Å². The lowest BCUT2D eigenvalue weighted by molar-refractivity contribution is -0.136. The number of benzene rings is 3. The Balaban J connectivity index is 1.76. The van der Waals surface area contributed by atoms with E-state index in [2.05, 4.69) is 53.2 Å². The Labute approximate surface area is 170 Å². The summed E-state index contributed by atoms with van der Waals surface area (Å²) in [6, 6.07) is 26.7. The Kier molecular flexibility index (Phi) is 5.45. The first-order chi connectivity index (χ1) is 14.1. The Morgan fingerprint density at radius 1 is 1.00 bits per heavy atom. The number of aromatic nitrogens is 1. The maximum Gasteiger partial charge on any atom is 0.307 e. The Morgan fingerprint density at radius 2 is 1.76 bits per heavy atom. The zero-order chi connectivity index (χ0) is 20.2. The molecule has 0 aliphatic carbocycles. The number of fused-ring (bicyclic) bond motifs is 1. The number of nitrogens with one attached hydrogen (secondary N) is 1. The van der Waals surface area contributed by atoms with E-state index < -0.39 is 5.97 Å². The molecule has 4 aromatic rings. The maximum atomic E-state index is 11.4. The molecule has 4 heteroatoms. The number of hydrogen-bond donors (Lipinski definition) is 2. The van der Waals surface area contributed by atoms with Crippen LogP contribution in [0.1, 0.15) is 28.4 Å². The number of carbonyl (C=O) groups is 1. The van der Waals surface area contributed by atoms with E-state index in [4.69, 9.17) is 0 Å².